The molecule has 1 N–H and O–H groups in total. The van der Waals surface area contributed by atoms with Gasteiger partial charge in [0.15, 0.2) is 7.35 Å². The predicted octanol–water partition coefficient (Wildman–Crippen LogP) is 1.88. The van der Waals surface area contributed by atoms with Gasteiger partial charge in [-0.25, -0.2) is 0 Å². The summed E-state index contributed by atoms with van der Waals surface area (Å²) in [6.07, 6.45) is 5.25. The van der Waals surface area contributed by atoms with Crippen molar-refractivity contribution in [3.63, 3.8) is 0 Å². The molecule has 0 radical (unpaired) electrons. The molecule has 0 rings (SSSR count). The fourth-order valence-corrected chi connectivity index (χ4v) is 2.91. The first-order chi connectivity index (χ1) is 5.35. The summed E-state index contributed by atoms with van der Waals surface area (Å²) in [5.41, 5.74) is 2.64. The molecule has 0 saturated heterocycles. The molecule has 0 spiro atoms. The van der Waals surface area contributed by atoms with Gasteiger partial charge in [0, 0.05) is 12.3 Å². The van der Waals surface area contributed by atoms with Crippen molar-refractivity contribution in [1.29, 1.82) is 0 Å². The van der Waals surface area contributed by atoms with Crippen LogP contribution in [0.4, 0.5) is 0 Å². The highest BCUT2D eigenvalue weighted by atomic mass is 32.7. The predicted molar refractivity (Wildman–Crippen MR) is 53.8 cm³/mol. The minimum atomic E-state index is -0.666. The standard InChI is InChI=1S/C7H14NOPS/c1-4-9-10(5-2)11-7-6-8-3/h2,8H,4,6-7H2,1,3H3. The summed E-state index contributed by atoms with van der Waals surface area (Å²) in [5.74, 6) is 1.02. The normalized spacial score (nSPS) is 12.5. The molecule has 0 fully saturated rings. The van der Waals surface area contributed by atoms with Crippen LogP contribution in [0.1, 0.15) is 6.92 Å². The summed E-state index contributed by atoms with van der Waals surface area (Å²) < 4.78 is 5.30. The van der Waals surface area contributed by atoms with E-state index in [1.165, 1.54) is 0 Å². The minimum Gasteiger partial charge on any atom is -0.338 e. The monoisotopic (exact) mass is 191 g/mol. The summed E-state index contributed by atoms with van der Waals surface area (Å²) in [4.78, 5) is 0. The fraction of sp³-hybridized carbons (Fsp3) is 0.714. The van der Waals surface area contributed by atoms with E-state index >= 15 is 0 Å². The van der Waals surface area contributed by atoms with Gasteiger partial charge in [-0.2, -0.15) is 0 Å². The second-order valence-corrected chi connectivity index (χ2v) is 5.21. The van der Waals surface area contributed by atoms with Gasteiger partial charge in [-0.1, -0.05) is 11.4 Å². The van der Waals surface area contributed by atoms with Crippen molar-refractivity contribution >= 4 is 18.7 Å². The van der Waals surface area contributed by atoms with Crippen LogP contribution in [-0.4, -0.2) is 26.0 Å². The van der Waals surface area contributed by atoms with Crippen LogP contribution >= 0.6 is 18.7 Å². The molecule has 1 atom stereocenters. The highest BCUT2D eigenvalue weighted by Crippen LogP contribution is 2.48. The van der Waals surface area contributed by atoms with Gasteiger partial charge in [0.1, 0.15) is 0 Å². The molecule has 11 heavy (non-hydrogen) atoms. The van der Waals surface area contributed by atoms with Crippen LogP contribution in [0.25, 0.3) is 0 Å². The highest BCUT2D eigenvalue weighted by Gasteiger charge is 2.03. The van der Waals surface area contributed by atoms with Gasteiger partial charge in [-0.05, 0) is 19.6 Å². The lowest BCUT2D eigenvalue weighted by Gasteiger charge is -2.07. The van der Waals surface area contributed by atoms with Crippen molar-refractivity contribution < 1.29 is 4.52 Å². The maximum absolute atomic E-state index is 5.30. The molecule has 0 aliphatic rings. The number of terminal acetylenes is 1. The van der Waals surface area contributed by atoms with Crippen molar-refractivity contribution in [2.45, 2.75) is 6.92 Å². The van der Waals surface area contributed by atoms with Gasteiger partial charge in [-0.15, -0.1) is 6.42 Å². The molecule has 0 aliphatic heterocycles. The van der Waals surface area contributed by atoms with Crippen LogP contribution in [0.5, 0.6) is 0 Å². The van der Waals surface area contributed by atoms with Crippen LogP contribution in [0, 0.1) is 12.1 Å². The quantitative estimate of drug-likeness (QED) is 0.393. The van der Waals surface area contributed by atoms with Gasteiger partial charge in [0.25, 0.3) is 0 Å². The van der Waals surface area contributed by atoms with E-state index in [9.17, 15) is 0 Å². The van der Waals surface area contributed by atoms with Crippen LogP contribution < -0.4 is 5.32 Å². The van der Waals surface area contributed by atoms with E-state index in [0.717, 1.165) is 12.3 Å². The summed E-state index contributed by atoms with van der Waals surface area (Å²) in [5, 5.41) is 3.05. The van der Waals surface area contributed by atoms with E-state index in [1.54, 1.807) is 11.4 Å². The molecule has 0 amide bonds. The fourth-order valence-electron chi connectivity index (χ4n) is 0.460. The third kappa shape index (κ3) is 6.65. The smallest absolute Gasteiger partial charge is 0.169 e. The Hall–Kier alpha value is 0.260. The molecule has 0 aromatic heterocycles. The second kappa shape index (κ2) is 8.36. The third-order valence-corrected chi connectivity index (χ3v) is 4.12. The first-order valence-corrected chi connectivity index (χ1v) is 6.37. The van der Waals surface area contributed by atoms with E-state index in [2.05, 4.69) is 11.0 Å². The Bertz CT molecular complexity index is 126. The SMILES string of the molecule is C#CP(OCC)SCCNC. The largest absolute Gasteiger partial charge is 0.338 e. The lowest BCUT2D eigenvalue weighted by molar-refractivity contribution is 0.392. The van der Waals surface area contributed by atoms with Gasteiger partial charge >= 0.3 is 0 Å². The van der Waals surface area contributed by atoms with Crippen molar-refractivity contribution in [2.24, 2.45) is 0 Å². The molecule has 0 aliphatic carbocycles. The molecule has 0 aromatic carbocycles. The Morgan fingerprint density at radius 2 is 2.45 bits per heavy atom. The third-order valence-electron chi connectivity index (χ3n) is 0.912. The number of hydrogen-bond acceptors (Lipinski definition) is 3. The van der Waals surface area contributed by atoms with Gasteiger partial charge in [0.2, 0.25) is 0 Å². The summed E-state index contributed by atoms with van der Waals surface area (Å²) in [6, 6.07) is 0. The minimum absolute atomic E-state index is 0.666. The van der Waals surface area contributed by atoms with E-state index in [0.29, 0.717) is 6.61 Å². The zero-order valence-electron chi connectivity index (χ0n) is 6.96. The highest BCUT2D eigenvalue weighted by molar-refractivity contribution is 8.55. The van der Waals surface area contributed by atoms with Crippen LogP contribution in [0.2, 0.25) is 0 Å². The van der Waals surface area contributed by atoms with Crippen molar-refractivity contribution in [3.05, 3.63) is 0 Å². The maximum atomic E-state index is 5.30. The Kier molecular flexibility index (Phi) is 8.56. The molecule has 0 aromatic rings. The lowest BCUT2D eigenvalue weighted by Crippen LogP contribution is -2.09. The Morgan fingerprint density at radius 3 is 2.91 bits per heavy atom. The second-order valence-electron chi connectivity index (χ2n) is 1.74. The molecular weight excluding hydrogens is 177 g/mol. The molecule has 1 unspecified atom stereocenters. The zero-order valence-corrected chi connectivity index (χ0v) is 8.67. The molecule has 4 heteroatoms. The first kappa shape index (κ1) is 11.3. The van der Waals surface area contributed by atoms with Gasteiger partial charge in [0.05, 0.1) is 6.61 Å². The molecular formula is C7H14NOPS. The number of nitrogens with one attached hydrogen (secondary N) is 1. The van der Waals surface area contributed by atoms with Crippen molar-refractivity contribution in [3.8, 4) is 12.1 Å². The summed E-state index contributed by atoms with van der Waals surface area (Å²) in [7, 11) is 1.26. The van der Waals surface area contributed by atoms with E-state index in [1.807, 2.05) is 14.0 Å². The zero-order chi connectivity index (χ0) is 8.53. The topological polar surface area (TPSA) is 21.3 Å². The number of rotatable bonds is 6. The van der Waals surface area contributed by atoms with Crippen LogP contribution in [-0.2, 0) is 4.52 Å². The first-order valence-electron chi connectivity index (χ1n) is 3.52. The molecule has 0 saturated carbocycles. The molecule has 0 bridgehead atoms. The number of hydrogen-bond donors (Lipinski definition) is 1. The van der Waals surface area contributed by atoms with Gasteiger partial charge in [-0.3, -0.25) is 0 Å². The summed E-state index contributed by atoms with van der Waals surface area (Å²) >= 11 is 1.71. The Labute approximate surface area is 74.0 Å². The van der Waals surface area contributed by atoms with Gasteiger partial charge < -0.3 is 9.84 Å². The van der Waals surface area contributed by atoms with Crippen molar-refractivity contribution in [1.82, 2.24) is 5.32 Å². The van der Waals surface area contributed by atoms with E-state index < -0.39 is 7.35 Å². The molecule has 2 nitrogen and oxygen atoms in total. The maximum Gasteiger partial charge on any atom is 0.169 e. The molecule has 64 valence electrons. The molecule has 0 heterocycles. The van der Waals surface area contributed by atoms with E-state index in [-0.39, 0.29) is 0 Å². The van der Waals surface area contributed by atoms with Crippen molar-refractivity contribution in [2.75, 3.05) is 26.0 Å². The Balaban J connectivity index is 3.30. The lowest BCUT2D eigenvalue weighted by atomic mass is 10.8. The van der Waals surface area contributed by atoms with Crippen LogP contribution in [0.3, 0.4) is 0 Å². The summed E-state index contributed by atoms with van der Waals surface area (Å²) in [6.45, 7) is 3.66. The van der Waals surface area contributed by atoms with E-state index in [4.69, 9.17) is 10.9 Å². The average Bonchev–Trinajstić information content (AvgIpc) is 2.03. The Morgan fingerprint density at radius 1 is 1.73 bits per heavy atom. The van der Waals surface area contributed by atoms with Crippen LogP contribution in [0.15, 0.2) is 0 Å². The average molecular weight is 191 g/mol.